The Hall–Kier alpha value is -1.35. The molecule has 3 nitrogen and oxygen atoms in total. The smallest absolute Gasteiger partial charge is 0.188 e. The maximum atomic E-state index is 11.5. The number of hydrogen-bond donors (Lipinski definition) is 1. The summed E-state index contributed by atoms with van der Waals surface area (Å²) in [6.45, 7) is 2.77. The summed E-state index contributed by atoms with van der Waals surface area (Å²) in [6, 6.07) is 6.31. The van der Waals surface area contributed by atoms with Crippen LogP contribution in [-0.4, -0.2) is 24.1 Å². The largest absolute Gasteiger partial charge is 0.508 e. The second-order valence-corrected chi connectivity index (χ2v) is 3.38. The fourth-order valence-electron chi connectivity index (χ4n) is 1.17. The van der Waals surface area contributed by atoms with Crippen molar-refractivity contribution < 1.29 is 14.6 Å². The number of benzene rings is 1. The summed E-state index contributed by atoms with van der Waals surface area (Å²) in [7, 11) is 0. The van der Waals surface area contributed by atoms with Crippen LogP contribution in [0.25, 0.3) is 0 Å². The number of aromatic hydroxyl groups is 1. The van der Waals surface area contributed by atoms with Gasteiger partial charge in [-0.05, 0) is 18.6 Å². The van der Waals surface area contributed by atoms with Crippen molar-refractivity contribution in [3.8, 4) is 5.75 Å². The van der Waals surface area contributed by atoms with Gasteiger partial charge in [-0.15, -0.1) is 0 Å². The number of ether oxygens (including phenoxy) is 1. The van der Waals surface area contributed by atoms with Gasteiger partial charge in [-0.25, -0.2) is 0 Å². The Balaban J connectivity index is 2.40. The monoisotopic (exact) mass is 208 g/mol. The van der Waals surface area contributed by atoms with Gasteiger partial charge in [0.1, 0.15) is 12.4 Å². The van der Waals surface area contributed by atoms with E-state index < -0.39 is 0 Å². The Morgan fingerprint density at radius 2 is 2.27 bits per heavy atom. The molecule has 0 unspecified atom stereocenters. The van der Waals surface area contributed by atoms with E-state index in [1.54, 1.807) is 12.1 Å². The fraction of sp³-hybridized carbons (Fsp3) is 0.417. The third-order valence-electron chi connectivity index (χ3n) is 2.04. The van der Waals surface area contributed by atoms with Crippen molar-refractivity contribution in [2.75, 3.05) is 13.2 Å². The van der Waals surface area contributed by atoms with Gasteiger partial charge >= 0.3 is 0 Å². The molecule has 1 aromatic rings. The highest BCUT2D eigenvalue weighted by Crippen LogP contribution is 2.11. The predicted molar refractivity (Wildman–Crippen MR) is 58.2 cm³/mol. The van der Waals surface area contributed by atoms with E-state index in [4.69, 9.17) is 4.74 Å². The number of phenolic OH excluding ortho intramolecular Hbond substituents is 1. The Kier molecular flexibility index (Phi) is 4.84. The quantitative estimate of drug-likeness (QED) is 0.576. The third-order valence-corrected chi connectivity index (χ3v) is 2.04. The Morgan fingerprint density at radius 3 is 2.93 bits per heavy atom. The van der Waals surface area contributed by atoms with Crippen LogP contribution in [0.1, 0.15) is 30.1 Å². The number of phenols is 1. The SMILES string of the molecule is CCCCOCC(=O)c1cccc(O)c1. The molecular formula is C12H16O3. The molecular weight excluding hydrogens is 192 g/mol. The van der Waals surface area contributed by atoms with Crippen LogP contribution in [0.4, 0.5) is 0 Å². The van der Waals surface area contributed by atoms with Crippen molar-refractivity contribution in [2.45, 2.75) is 19.8 Å². The summed E-state index contributed by atoms with van der Waals surface area (Å²) in [5, 5.41) is 9.18. The van der Waals surface area contributed by atoms with E-state index in [0.717, 1.165) is 12.8 Å². The van der Waals surface area contributed by atoms with Gasteiger partial charge in [0.05, 0.1) is 0 Å². The molecule has 82 valence electrons. The average Bonchev–Trinajstić information content (AvgIpc) is 2.24. The maximum Gasteiger partial charge on any atom is 0.188 e. The normalized spacial score (nSPS) is 10.2. The first-order chi connectivity index (χ1) is 7.24. The number of Topliss-reactive ketones (excluding diaryl/α,β-unsaturated/α-hetero) is 1. The lowest BCUT2D eigenvalue weighted by Gasteiger charge is -2.03. The fourth-order valence-corrected chi connectivity index (χ4v) is 1.17. The third kappa shape index (κ3) is 4.13. The molecule has 1 aromatic carbocycles. The van der Waals surface area contributed by atoms with Crippen LogP contribution in [0.15, 0.2) is 24.3 Å². The van der Waals surface area contributed by atoms with Crippen molar-refractivity contribution in [3.63, 3.8) is 0 Å². The van der Waals surface area contributed by atoms with Crippen LogP contribution in [0.3, 0.4) is 0 Å². The Labute approximate surface area is 89.7 Å². The molecule has 0 heterocycles. The second-order valence-electron chi connectivity index (χ2n) is 3.38. The highest BCUT2D eigenvalue weighted by molar-refractivity contribution is 5.97. The summed E-state index contributed by atoms with van der Waals surface area (Å²) in [4.78, 5) is 11.5. The minimum Gasteiger partial charge on any atom is -0.508 e. The van der Waals surface area contributed by atoms with Gasteiger partial charge in [0.25, 0.3) is 0 Å². The summed E-state index contributed by atoms with van der Waals surface area (Å²) in [5.74, 6) is 0.0106. The lowest BCUT2D eigenvalue weighted by molar-refractivity contribution is 0.0754. The summed E-state index contributed by atoms with van der Waals surface area (Å²) in [6.07, 6.45) is 2.02. The minimum absolute atomic E-state index is 0.0868. The molecule has 0 amide bonds. The van der Waals surface area contributed by atoms with Gasteiger partial charge in [-0.3, -0.25) is 4.79 Å². The number of unbranched alkanes of at least 4 members (excludes halogenated alkanes) is 1. The van der Waals surface area contributed by atoms with E-state index in [2.05, 4.69) is 6.92 Å². The molecule has 0 bridgehead atoms. The van der Waals surface area contributed by atoms with E-state index in [1.165, 1.54) is 12.1 Å². The van der Waals surface area contributed by atoms with E-state index in [1.807, 2.05) is 0 Å². The van der Waals surface area contributed by atoms with Crippen LogP contribution in [0, 0.1) is 0 Å². The number of rotatable bonds is 6. The summed E-state index contributed by atoms with van der Waals surface area (Å²) in [5.41, 5.74) is 0.492. The number of ketones is 1. The lowest BCUT2D eigenvalue weighted by atomic mass is 10.1. The van der Waals surface area contributed by atoms with Gasteiger partial charge in [0.15, 0.2) is 5.78 Å². The van der Waals surface area contributed by atoms with Crippen molar-refractivity contribution in [3.05, 3.63) is 29.8 Å². The van der Waals surface area contributed by atoms with Crippen molar-refractivity contribution >= 4 is 5.78 Å². The first-order valence-electron chi connectivity index (χ1n) is 5.14. The molecule has 1 N–H and O–H groups in total. The zero-order valence-corrected chi connectivity index (χ0v) is 8.90. The molecule has 0 saturated heterocycles. The molecule has 0 saturated carbocycles. The van der Waals surface area contributed by atoms with Crippen LogP contribution in [0.2, 0.25) is 0 Å². The van der Waals surface area contributed by atoms with Crippen LogP contribution in [-0.2, 0) is 4.74 Å². The van der Waals surface area contributed by atoms with Crippen molar-refractivity contribution in [1.82, 2.24) is 0 Å². The molecule has 0 aliphatic heterocycles. The molecule has 0 atom stereocenters. The number of carbonyl (C=O) groups is 1. The molecule has 1 rings (SSSR count). The molecule has 0 aromatic heterocycles. The van der Waals surface area contributed by atoms with Gasteiger partial charge < -0.3 is 9.84 Å². The number of carbonyl (C=O) groups excluding carboxylic acids is 1. The maximum absolute atomic E-state index is 11.5. The van der Waals surface area contributed by atoms with E-state index in [-0.39, 0.29) is 18.1 Å². The van der Waals surface area contributed by atoms with Crippen LogP contribution in [0.5, 0.6) is 5.75 Å². The molecule has 0 spiro atoms. The zero-order chi connectivity index (χ0) is 11.1. The van der Waals surface area contributed by atoms with Crippen LogP contribution >= 0.6 is 0 Å². The van der Waals surface area contributed by atoms with E-state index >= 15 is 0 Å². The van der Waals surface area contributed by atoms with E-state index in [0.29, 0.717) is 12.2 Å². The molecule has 15 heavy (non-hydrogen) atoms. The van der Waals surface area contributed by atoms with Crippen molar-refractivity contribution in [1.29, 1.82) is 0 Å². The Bertz CT molecular complexity index is 320. The topological polar surface area (TPSA) is 46.5 Å². The first-order valence-corrected chi connectivity index (χ1v) is 5.14. The molecule has 0 aliphatic carbocycles. The second kappa shape index (κ2) is 6.19. The standard InChI is InChI=1S/C12H16O3/c1-2-3-7-15-9-12(14)10-5-4-6-11(13)8-10/h4-6,8,13H,2-3,7,9H2,1H3. The summed E-state index contributed by atoms with van der Waals surface area (Å²) < 4.78 is 5.20. The predicted octanol–water partition coefficient (Wildman–Crippen LogP) is 2.39. The Morgan fingerprint density at radius 1 is 1.47 bits per heavy atom. The molecule has 3 heteroatoms. The molecule has 0 aliphatic rings. The zero-order valence-electron chi connectivity index (χ0n) is 8.90. The van der Waals surface area contributed by atoms with Gasteiger partial charge in [0, 0.05) is 12.2 Å². The highest BCUT2D eigenvalue weighted by Gasteiger charge is 2.05. The minimum atomic E-state index is -0.0954. The lowest BCUT2D eigenvalue weighted by Crippen LogP contribution is -2.09. The van der Waals surface area contributed by atoms with E-state index in [9.17, 15) is 9.90 Å². The molecule has 0 radical (unpaired) electrons. The number of hydrogen-bond acceptors (Lipinski definition) is 3. The summed E-state index contributed by atoms with van der Waals surface area (Å²) >= 11 is 0. The van der Waals surface area contributed by atoms with Gasteiger partial charge in [-0.1, -0.05) is 25.5 Å². The van der Waals surface area contributed by atoms with Crippen LogP contribution < -0.4 is 0 Å². The van der Waals surface area contributed by atoms with Gasteiger partial charge in [0.2, 0.25) is 0 Å². The average molecular weight is 208 g/mol. The first kappa shape index (κ1) is 11.7. The van der Waals surface area contributed by atoms with Gasteiger partial charge in [-0.2, -0.15) is 0 Å². The van der Waals surface area contributed by atoms with Crippen molar-refractivity contribution in [2.24, 2.45) is 0 Å². The highest BCUT2D eigenvalue weighted by atomic mass is 16.5. The molecule has 0 fully saturated rings.